The largest absolute Gasteiger partial charge is 0.490 e. The number of carbonyl (C=O) groups is 3. The number of anilines is 1. The molecular weight excluding hydrogens is 594 g/mol. The molecule has 42 heavy (non-hydrogen) atoms. The average Bonchev–Trinajstić information content (AvgIpc) is 2.96. The minimum absolute atomic E-state index is 0.00221. The molecule has 0 aromatic heterocycles. The fraction of sp³-hybridized carbons (Fsp3) is 0.500. The van der Waals surface area contributed by atoms with Gasteiger partial charge >= 0.3 is 12.1 Å². The van der Waals surface area contributed by atoms with Crippen molar-refractivity contribution in [2.45, 2.75) is 50.8 Å². The maximum absolute atomic E-state index is 13.6. The van der Waals surface area contributed by atoms with Gasteiger partial charge in [0, 0.05) is 74.1 Å². The highest BCUT2D eigenvalue weighted by molar-refractivity contribution is 6.31. The van der Waals surface area contributed by atoms with Gasteiger partial charge in [0.25, 0.3) is 0 Å². The molecule has 12 heteroatoms. The number of esters is 1. The molecular formula is C30H34Cl2F3N3O4. The number of benzene rings is 2. The number of hydrogen-bond donors (Lipinski definition) is 0. The summed E-state index contributed by atoms with van der Waals surface area (Å²) in [6.07, 6.45) is -2.95. The van der Waals surface area contributed by atoms with Crippen LogP contribution in [0.15, 0.2) is 48.5 Å². The Bertz CT molecular complexity index is 1260. The first-order chi connectivity index (χ1) is 19.9. The van der Waals surface area contributed by atoms with E-state index >= 15 is 0 Å². The van der Waals surface area contributed by atoms with Crippen molar-refractivity contribution in [2.75, 3.05) is 44.2 Å². The Morgan fingerprint density at radius 1 is 0.976 bits per heavy atom. The number of rotatable bonds is 8. The zero-order chi connectivity index (χ0) is 30.5. The Morgan fingerprint density at radius 3 is 2.19 bits per heavy atom. The zero-order valence-electron chi connectivity index (χ0n) is 23.3. The average molecular weight is 629 g/mol. The van der Waals surface area contributed by atoms with Crippen LogP contribution in [0.25, 0.3) is 0 Å². The van der Waals surface area contributed by atoms with Gasteiger partial charge in [-0.3, -0.25) is 9.59 Å². The summed E-state index contributed by atoms with van der Waals surface area (Å²) in [7, 11) is 0. The summed E-state index contributed by atoms with van der Waals surface area (Å²) in [6.45, 7) is 4.44. The summed E-state index contributed by atoms with van der Waals surface area (Å²) in [5.74, 6) is -2.43. The Hall–Kier alpha value is -2.82. The summed E-state index contributed by atoms with van der Waals surface area (Å²) in [5.41, 5.74) is -0.246. The second-order valence-corrected chi connectivity index (χ2v) is 11.7. The van der Waals surface area contributed by atoms with E-state index in [-0.39, 0.29) is 30.6 Å². The molecule has 0 radical (unpaired) electrons. The number of ether oxygens (including phenoxy) is 1. The number of carbonyl (C=O) groups excluding carboxylic acids is 3. The monoisotopic (exact) mass is 627 g/mol. The summed E-state index contributed by atoms with van der Waals surface area (Å²) in [4.78, 5) is 42.8. The van der Waals surface area contributed by atoms with Crippen molar-refractivity contribution in [1.82, 2.24) is 9.80 Å². The maximum atomic E-state index is 13.6. The predicted octanol–water partition coefficient (Wildman–Crippen LogP) is 6.07. The Kier molecular flexibility index (Phi) is 10.4. The number of likely N-dealkylation sites (tertiary alicyclic amines) is 2. The van der Waals surface area contributed by atoms with Gasteiger partial charge in [0.2, 0.25) is 11.8 Å². The fourth-order valence-corrected chi connectivity index (χ4v) is 6.01. The van der Waals surface area contributed by atoms with E-state index in [0.29, 0.717) is 79.8 Å². The Morgan fingerprint density at radius 2 is 1.62 bits per heavy atom. The molecule has 2 fully saturated rings. The van der Waals surface area contributed by atoms with Crippen molar-refractivity contribution in [3.05, 3.63) is 64.1 Å². The minimum Gasteiger partial charge on any atom is -0.447 e. The van der Waals surface area contributed by atoms with Crippen LogP contribution >= 0.6 is 23.2 Å². The lowest BCUT2D eigenvalue weighted by Crippen LogP contribution is -2.48. The lowest BCUT2D eigenvalue weighted by atomic mass is 9.84. The van der Waals surface area contributed by atoms with Gasteiger partial charge in [0.1, 0.15) is 5.60 Å². The van der Waals surface area contributed by atoms with E-state index in [2.05, 4.69) is 4.90 Å². The van der Waals surface area contributed by atoms with Crippen LogP contribution in [-0.4, -0.2) is 73.0 Å². The van der Waals surface area contributed by atoms with E-state index in [1.807, 2.05) is 6.07 Å². The molecule has 2 aliphatic heterocycles. The third-order valence-electron chi connectivity index (χ3n) is 8.09. The van der Waals surface area contributed by atoms with Crippen molar-refractivity contribution < 1.29 is 32.3 Å². The minimum atomic E-state index is -5.10. The van der Waals surface area contributed by atoms with Crippen LogP contribution in [0.3, 0.4) is 0 Å². The Labute approximate surface area is 253 Å². The molecule has 0 aliphatic carbocycles. The highest BCUT2D eigenvalue weighted by Crippen LogP contribution is 2.39. The van der Waals surface area contributed by atoms with Gasteiger partial charge in [-0.05, 0) is 61.7 Å². The summed E-state index contributed by atoms with van der Waals surface area (Å²) >= 11 is 12.2. The van der Waals surface area contributed by atoms with E-state index in [1.165, 1.54) is 6.92 Å². The molecule has 0 spiro atoms. The molecule has 2 heterocycles. The number of amides is 2. The molecule has 2 aliphatic rings. The first kappa shape index (κ1) is 32.1. The second-order valence-electron chi connectivity index (χ2n) is 10.8. The molecule has 2 amide bonds. The van der Waals surface area contributed by atoms with Gasteiger partial charge in [0.15, 0.2) is 0 Å². The van der Waals surface area contributed by atoms with Crippen LogP contribution in [0.2, 0.25) is 10.0 Å². The lowest BCUT2D eigenvalue weighted by molar-refractivity contribution is -0.219. The predicted molar refractivity (Wildman–Crippen MR) is 154 cm³/mol. The second kappa shape index (κ2) is 13.7. The molecule has 0 N–H and O–H groups in total. The molecule has 0 bridgehead atoms. The third-order valence-corrected chi connectivity index (χ3v) is 8.57. The van der Waals surface area contributed by atoms with Gasteiger partial charge in [-0.25, -0.2) is 4.79 Å². The van der Waals surface area contributed by atoms with Gasteiger partial charge < -0.3 is 19.4 Å². The molecule has 0 atom stereocenters. The molecule has 0 unspecified atom stereocenters. The van der Waals surface area contributed by atoms with Crippen molar-refractivity contribution in [1.29, 1.82) is 0 Å². The molecule has 0 saturated carbocycles. The molecule has 2 saturated heterocycles. The highest BCUT2D eigenvalue weighted by atomic mass is 35.5. The third kappa shape index (κ3) is 7.96. The van der Waals surface area contributed by atoms with Crippen LogP contribution < -0.4 is 4.90 Å². The zero-order valence-corrected chi connectivity index (χ0v) is 24.9. The van der Waals surface area contributed by atoms with Crippen LogP contribution in [-0.2, 0) is 24.7 Å². The Balaban J connectivity index is 1.40. The fourth-order valence-electron chi connectivity index (χ4n) is 5.70. The number of piperidine rings is 2. The van der Waals surface area contributed by atoms with Gasteiger partial charge in [-0.2, -0.15) is 13.2 Å². The van der Waals surface area contributed by atoms with E-state index in [4.69, 9.17) is 27.9 Å². The topological polar surface area (TPSA) is 70.2 Å². The van der Waals surface area contributed by atoms with E-state index in [0.717, 1.165) is 0 Å². The first-order valence-electron chi connectivity index (χ1n) is 14.0. The molecule has 2 aromatic carbocycles. The first-order valence-corrected chi connectivity index (χ1v) is 14.7. The van der Waals surface area contributed by atoms with E-state index in [9.17, 15) is 27.6 Å². The van der Waals surface area contributed by atoms with Gasteiger partial charge in [-0.15, -0.1) is 0 Å². The van der Waals surface area contributed by atoms with Gasteiger partial charge in [-0.1, -0.05) is 41.4 Å². The SMILES string of the molecule is CC(=O)N1CCC(C(=O)N(CCCN2CCC(OC(=O)C(F)(F)F)(c3ccc(Cl)cc3)CC2)c2cccc(Cl)c2)CC1. The van der Waals surface area contributed by atoms with Crippen LogP contribution in [0.5, 0.6) is 0 Å². The molecule has 2 aromatic rings. The van der Waals surface area contributed by atoms with Gasteiger partial charge in [0.05, 0.1) is 0 Å². The number of hydrogen-bond acceptors (Lipinski definition) is 5. The smallest absolute Gasteiger partial charge is 0.447 e. The summed E-state index contributed by atoms with van der Waals surface area (Å²) < 4.78 is 44.5. The number of halogens is 5. The van der Waals surface area contributed by atoms with Crippen molar-refractivity contribution in [2.24, 2.45) is 5.92 Å². The van der Waals surface area contributed by atoms with E-state index < -0.39 is 17.7 Å². The lowest BCUT2D eigenvalue weighted by Gasteiger charge is -2.42. The molecule has 228 valence electrons. The molecule has 7 nitrogen and oxygen atoms in total. The highest BCUT2D eigenvalue weighted by Gasteiger charge is 2.48. The van der Waals surface area contributed by atoms with Crippen LogP contribution in [0.4, 0.5) is 18.9 Å². The standard InChI is InChI=1S/C30H34Cl2F3N3O4/c1-21(39)37-16-10-22(11-17-37)27(40)38(26-5-2-4-25(32)20-26)15-3-14-36-18-12-29(13-19-36,42-28(41)30(33,34)35)23-6-8-24(31)9-7-23/h2,4-9,20,22H,3,10-19H2,1H3. The van der Waals surface area contributed by atoms with Crippen molar-refractivity contribution >= 4 is 46.7 Å². The summed E-state index contributed by atoms with van der Waals surface area (Å²) in [5, 5.41) is 0.941. The number of alkyl halides is 3. The van der Waals surface area contributed by atoms with Crippen molar-refractivity contribution in [3.63, 3.8) is 0 Å². The van der Waals surface area contributed by atoms with Crippen LogP contribution in [0.1, 0.15) is 44.6 Å². The maximum Gasteiger partial charge on any atom is 0.490 e. The van der Waals surface area contributed by atoms with E-state index in [1.54, 1.807) is 52.3 Å². The van der Waals surface area contributed by atoms with Crippen molar-refractivity contribution in [3.8, 4) is 0 Å². The van der Waals surface area contributed by atoms with Crippen LogP contribution in [0, 0.1) is 5.92 Å². The quantitative estimate of drug-likeness (QED) is 0.332. The molecule has 4 rings (SSSR count). The summed E-state index contributed by atoms with van der Waals surface area (Å²) in [6, 6.07) is 13.4. The number of nitrogens with zero attached hydrogens (tertiary/aromatic N) is 3. The normalized spacial score (nSPS) is 18.0.